The molecule has 2 aromatic carbocycles. The monoisotopic (exact) mass is 354 g/mol. The molecule has 1 heterocycles. The minimum atomic E-state index is -0.709. The molecule has 0 aliphatic carbocycles. The largest absolute Gasteiger partial charge is 0.497 e. The highest BCUT2D eigenvalue weighted by atomic mass is 16.5. The maximum absolute atomic E-state index is 12.0. The van der Waals surface area contributed by atoms with Crippen molar-refractivity contribution in [1.29, 1.82) is 0 Å². The van der Waals surface area contributed by atoms with Gasteiger partial charge in [0, 0.05) is 19.4 Å². The highest BCUT2D eigenvalue weighted by molar-refractivity contribution is 5.99. The van der Waals surface area contributed by atoms with Gasteiger partial charge in [-0.25, -0.2) is 0 Å². The van der Waals surface area contributed by atoms with E-state index in [1.54, 1.807) is 55.6 Å². The van der Waals surface area contributed by atoms with E-state index in [4.69, 9.17) is 14.2 Å². The van der Waals surface area contributed by atoms with E-state index in [0.29, 0.717) is 17.1 Å². The van der Waals surface area contributed by atoms with Gasteiger partial charge < -0.3 is 14.2 Å². The van der Waals surface area contributed by atoms with Crippen LogP contribution in [0, 0.1) is 0 Å². The zero-order valence-corrected chi connectivity index (χ0v) is 14.6. The molecule has 0 saturated carbocycles. The van der Waals surface area contributed by atoms with Gasteiger partial charge >= 0.3 is 5.97 Å². The van der Waals surface area contributed by atoms with Crippen molar-refractivity contribution in [2.24, 2.45) is 5.10 Å². The number of benzene rings is 2. The van der Waals surface area contributed by atoms with Crippen molar-refractivity contribution in [3.05, 3.63) is 59.7 Å². The third-order valence-corrected chi connectivity index (χ3v) is 3.74. The predicted molar refractivity (Wildman–Crippen MR) is 93.6 cm³/mol. The Labute approximate surface area is 150 Å². The van der Waals surface area contributed by atoms with Crippen LogP contribution < -0.4 is 9.47 Å². The molecule has 1 aliphatic rings. The number of ether oxygens (including phenoxy) is 3. The Hall–Kier alpha value is -3.35. The number of para-hydroxylation sites is 1. The van der Waals surface area contributed by atoms with Crippen LogP contribution in [0.4, 0.5) is 0 Å². The summed E-state index contributed by atoms with van der Waals surface area (Å²) in [6, 6.07) is 14.0. The smallest absolute Gasteiger partial charge is 0.308 e. The van der Waals surface area contributed by atoms with Crippen LogP contribution in [0.25, 0.3) is 0 Å². The number of methoxy groups -OCH3 is 1. The standard InChI is InChI=1S/C19H18N2O5/c1-12(22)21-19(14-8-10-15(24-3)11-9-14)26-18(20-21)16-6-4-5-7-17(16)25-13(2)23/h4-11,19H,1-3H3. The zero-order valence-electron chi connectivity index (χ0n) is 14.6. The second kappa shape index (κ2) is 7.26. The first-order valence-corrected chi connectivity index (χ1v) is 7.96. The number of hydrogen-bond donors (Lipinski definition) is 0. The van der Waals surface area contributed by atoms with E-state index in [9.17, 15) is 9.59 Å². The first-order valence-electron chi connectivity index (χ1n) is 7.96. The van der Waals surface area contributed by atoms with Crippen molar-refractivity contribution in [1.82, 2.24) is 5.01 Å². The van der Waals surface area contributed by atoms with Crippen molar-refractivity contribution in [3.8, 4) is 11.5 Å². The second-order valence-corrected chi connectivity index (χ2v) is 5.60. The number of nitrogens with zero attached hydrogens (tertiary/aromatic N) is 2. The quantitative estimate of drug-likeness (QED) is 0.623. The number of esters is 1. The van der Waals surface area contributed by atoms with E-state index >= 15 is 0 Å². The van der Waals surface area contributed by atoms with Crippen LogP contribution in [-0.2, 0) is 14.3 Å². The summed E-state index contributed by atoms with van der Waals surface area (Å²) in [4.78, 5) is 23.3. The summed E-state index contributed by atoms with van der Waals surface area (Å²) in [5, 5.41) is 5.53. The normalized spacial score (nSPS) is 15.9. The van der Waals surface area contributed by atoms with Crippen molar-refractivity contribution in [2.45, 2.75) is 20.1 Å². The van der Waals surface area contributed by atoms with E-state index in [1.165, 1.54) is 18.9 Å². The van der Waals surface area contributed by atoms with Gasteiger partial charge in [0.1, 0.15) is 11.5 Å². The molecule has 0 spiro atoms. The van der Waals surface area contributed by atoms with Gasteiger partial charge in [0.15, 0.2) is 0 Å². The average Bonchev–Trinajstić information content (AvgIpc) is 3.07. The lowest BCUT2D eigenvalue weighted by Crippen LogP contribution is -2.25. The fraction of sp³-hybridized carbons (Fsp3) is 0.211. The number of hydrazone groups is 1. The van der Waals surface area contributed by atoms with Crippen LogP contribution in [0.5, 0.6) is 11.5 Å². The van der Waals surface area contributed by atoms with Gasteiger partial charge in [-0.05, 0) is 36.4 Å². The molecule has 134 valence electrons. The first-order chi connectivity index (χ1) is 12.5. The minimum Gasteiger partial charge on any atom is -0.497 e. The van der Waals surface area contributed by atoms with Gasteiger partial charge in [0.05, 0.1) is 12.7 Å². The van der Waals surface area contributed by atoms with Gasteiger partial charge in [0.25, 0.3) is 0 Å². The predicted octanol–water partition coefficient (Wildman–Crippen LogP) is 2.86. The third-order valence-electron chi connectivity index (χ3n) is 3.74. The van der Waals surface area contributed by atoms with Crippen LogP contribution in [0.1, 0.15) is 31.2 Å². The Morgan fingerprint density at radius 1 is 1.08 bits per heavy atom. The lowest BCUT2D eigenvalue weighted by molar-refractivity contribution is -0.135. The molecule has 0 N–H and O–H groups in total. The summed E-state index contributed by atoms with van der Waals surface area (Å²) >= 11 is 0. The molecule has 0 saturated heterocycles. The molecule has 0 radical (unpaired) electrons. The molecule has 7 heteroatoms. The van der Waals surface area contributed by atoms with Gasteiger partial charge in [-0.2, -0.15) is 5.01 Å². The topological polar surface area (TPSA) is 77.4 Å². The molecule has 0 aromatic heterocycles. The van der Waals surface area contributed by atoms with Gasteiger partial charge in [0.2, 0.25) is 18.0 Å². The SMILES string of the molecule is COc1ccc(C2OC(c3ccccc3OC(C)=O)=NN2C(C)=O)cc1. The van der Waals surface area contributed by atoms with E-state index in [-0.39, 0.29) is 11.8 Å². The molecular formula is C19H18N2O5. The van der Waals surface area contributed by atoms with Gasteiger partial charge in [-0.15, -0.1) is 5.10 Å². The number of amides is 1. The maximum Gasteiger partial charge on any atom is 0.308 e. The number of hydrogen-bond acceptors (Lipinski definition) is 6. The van der Waals surface area contributed by atoms with E-state index < -0.39 is 12.2 Å². The van der Waals surface area contributed by atoms with Crippen molar-refractivity contribution in [2.75, 3.05) is 7.11 Å². The molecule has 2 aromatic rings. The maximum atomic E-state index is 12.0. The molecule has 1 unspecified atom stereocenters. The summed E-state index contributed by atoms with van der Waals surface area (Å²) in [5.74, 6) is 0.495. The van der Waals surface area contributed by atoms with Crippen LogP contribution >= 0.6 is 0 Å². The number of carbonyl (C=O) groups excluding carboxylic acids is 2. The van der Waals surface area contributed by atoms with Crippen molar-refractivity contribution < 1.29 is 23.8 Å². The zero-order chi connectivity index (χ0) is 18.7. The molecule has 1 aliphatic heterocycles. The van der Waals surface area contributed by atoms with E-state index in [0.717, 1.165) is 5.56 Å². The van der Waals surface area contributed by atoms with Crippen LogP contribution in [0.3, 0.4) is 0 Å². The number of carbonyl (C=O) groups is 2. The highest BCUT2D eigenvalue weighted by Gasteiger charge is 2.34. The molecule has 3 rings (SSSR count). The van der Waals surface area contributed by atoms with Crippen LogP contribution in [0.2, 0.25) is 0 Å². The van der Waals surface area contributed by atoms with Crippen LogP contribution in [0.15, 0.2) is 53.6 Å². The lowest BCUT2D eigenvalue weighted by Gasteiger charge is -2.19. The number of rotatable bonds is 4. The Balaban J connectivity index is 1.94. The molecule has 0 bridgehead atoms. The van der Waals surface area contributed by atoms with E-state index in [2.05, 4.69) is 5.10 Å². The fourth-order valence-electron chi connectivity index (χ4n) is 2.55. The lowest BCUT2D eigenvalue weighted by atomic mass is 10.1. The van der Waals surface area contributed by atoms with Gasteiger partial charge in [-0.1, -0.05) is 12.1 Å². The highest BCUT2D eigenvalue weighted by Crippen LogP contribution is 2.33. The molecule has 26 heavy (non-hydrogen) atoms. The Bertz CT molecular complexity index is 860. The summed E-state index contributed by atoms with van der Waals surface area (Å²) in [6.07, 6.45) is -0.709. The Morgan fingerprint density at radius 2 is 1.77 bits per heavy atom. The minimum absolute atomic E-state index is 0.206. The fourth-order valence-corrected chi connectivity index (χ4v) is 2.55. The Kier molecular flexibility index (Phi) is 4.88. The first kappa shape index (κ1) is 17.5. The van der Waals surface area contributed by atoms with Gasteiger partial charge in [-0.3, -0.25) is 9.59 Å². The molecule has 7 nitrogen and oxygen atoms in total. The summed E-state index contributed by atoms with van der Waals surface area (Å²) in [7, 11) is 1.58. The summed E-state index contributed by atoms with van der Waals surface area (Å²) in [5.41, 5.74) is 1.23. The van der Waals surface area contributed by atoms with E-state index in [1.807, 2.05) is 0 Å². The molecule has 0 fully saturated rings. The molecular weight excluding hydrogens is 336 g/mol. The molecule has 1 amide bonds. The van der Waals surface area contributed by atoms with Crippen molar-refractivity contribution >= 4 is 17.8 Å². The van der Waals surface area contributed by atoms with Crippen LogP contribution in [-0.4, -0.2) is 29.9 Å². The average molecular weight is 354 g/mol. The summed E-state index contributed by atoms with van der Waals surface area (Å²) < 4.78 is 16.3. The molecule has 1 atom stereocenters. The summed E-state index contributed by atoms with van der Waals surface area (Å²) in [6.45, 7) is 2.72. The third kappa shape index (κ3) is 3.51. The second-order valence-electron chi connectivity index (χ2n) is 5.60. The van der Waals surface area contributed by atoms with Crippen molar-refractivity contribution in [3.63, 3.8) is 0 Å². The Morgan fingerprint density at radius 3 is 2.38 bits per heavy atom.